The van der Waals surface area contributed by atoms with Crippen LogP contribution < -0.4 is 4.72 Å². The van der Waals surface area contributed by atoms with E-state index in [4.69, 9.17) is 0 Å². The van der Waals surface area contributed by atoms with Crippen LogP contribution in [0.3, 0.4) is 0 Å². The van der Waals surface area contributed by atoms with Crippen molar-refractivity contribution < 1.29 is 21.6 Å². The van der Waals surface area contributed by atoms with E-state index in [0.29, 0.717) is 0 Å². The van der Waals surface area contributed by atoms with Crippen molar-refractivity contribution in [2.75, 3.05) is 6.26 Å². The molecule has 14 heavy (non-hydrogen) atoms. The maximum atomic E-state index is 11.1. The highest BCUT2D eigenvalue weighted by molar-refractivity contribution is 7.94. The van der Waals surface area contributed by atoms with Gasteiger partial charge in [0.2, 0.25) is 0 Å². The van der Waals surface area contributed by atoms with Gasteiger partial charge in [0.15, 0.2) is 9.84 Å². The lowest BCUT2D eigenvalue weighted by atomic mass is 10.4. The van der Waals surface area contributed by atoms with Gasteiger partial charge in [0.25, 0.3) is 6.08 Å². The molecule has 9 heteroatoms. The van der Waals surface area contributed by atoms with E-state index in [1.54, 1.807) is 4.72 Å². The fourth-order valence-electron chi connectivity index (χ4n) is 0.458. The van der Waals surface area contributed by atoms with E-state index in [-0.39, 0.29) is 0 Å². The Morgan fingerprint density at radius 1 is 1.21 bits per heavy atom. The Kier molecular flexibility index (Phi) is 3.57. The summed E-state index contributed by atoms with van der Waals surface area (Å²) in [6, 6.07) is 0. The van der Waals surface area contributed by atoms with Gasteiger partial charge in [-0.2, -0.15) is 13.1 Å². The van der Waals surface area contributed by atoms with Gasteiger partial charge in [0.1, 0.15) is 4.87 Å². The maximum absolute atomic E-state index is 11.1. The second-order valence-corrected chi connectivity index (χ2v) is 6.94. The predicted octanol–water partition coefficient (Wildman–Crippen LogP) is -1.06. The summed E-state index contributed by atoms with van der Waals surface area (Å²) in [5.41, 5.74) is 0. The third-order valence-electron chi connectivity index (χ3n) is 1.46. The van der Waals surface area contributed by atoms with Crippen LogP contribution in [0.4, 0.5) is 0 Å². The van der Waals surface area contributed by atoms with Crippen molar-refractivity contribution in [3.63, 3.8) is 0 Å². The molecule has 7 nitrogen and oxygen atoms in total. The summed E-state index contributed by atoms with van der Waals surface area (Å²) in [5.74, 6) is 0. The van der Waals surface area contributed by atoms with Crippen LogP contribution in [0.25, 0.3) is 0 Å². The molecule has 0 bridgehead atoms. The van der Waals surface area contributed by atoms with Gasteiger partial charge in [-0.1, -0.05) is 4.40 Å². The number of nitrogens with one attached hydrogen (secondary N) is 1. The van der Waals surface area contributed by atoms with Crippen LogP contribution >= 0.6 is 0 Å². The molecule has 0 fully saturated rings. The van der Waals surface area contributed by atoms with Crippen LogP contribution in [0.1, 0.15) is 13.8 Å². The minimum absolute atomic E-state index is 0.812. The van der Waals surface area contributed by atoms with Crippen molar-refractivity contribution in [2.45, 2.75) is 18.7 Å². The highest BCUT2D eigenvalue weighted by Crippen LogP contribution is 2.12. The molecule has 0 aliphatic heterocycles. The van der Waals surface area contributed by atoms with Gasteiger partial charge in [-0.25, -0.2) is 13.2 Å². The molecule has 0 unspecified atom stereocenters. The van der Waals surface area contributed by atoms with Gasteiger partial charge < -0.3 is 0 Å². The minimum atomic E-state index is -4.30. The summed E-state index contributed by atoms with van der Waals surface area (Å²) in [5, 5.41) is 0. The number of sulfone groups is 1. The average Bonchev–Trinajstić information content (AvgIpc) is 1.80. The lowest BCUT2D eigenvalue weighted by molar-refractivity contribution is 0.518. The van der Waals surface area contributed by atoms with Gasteiger partial charge in [0.05, 0.1) is 0 Å². The number of nitrogens with zero attached hydrogens (tertiary/aromatic N) is 1. The Hall–Kier alpha value is -0.760. The fraction of sp³-hybridized carbons (Fsp3) is 0.800. The fourth-order valence-corrected chi connectivity index (χ4v) is 2.14. The van der Waals surface area contributed by atoms with Gasteiger partial charge in [-0.05, 0) is 13.8 Å². The van der Waals surface area contributed by atoms with Crippen molar-refractivity contribution in [2.24, 2.45) is 4.40 Å². The molecule has 0 aliphatic rings. The molecular formula is C5H10N2O5S2. The number of hydrogen-bond donors (Lipinski definition) is 1. The second-order valence-electron chi connectivity index (χ2n) is 3.04. The summed E-state index contributed by atoms with van der Waals surface area (Å²) < 4.78 is 48.1. The number of hydrogen-bond acceptors (Lipinski definition) is 5. The van der Waals surface area contributed by atoms with E-state index in [9.17, 15) is 21.6 Å². The zero-order valence-electron chi connectivity index (χ0n) is 7.80. The molecule has 0 aliphatic carbocycles. The first kappa shape index (κ1) is 13.2. The highest BCUT2D eigenvalue weighted by Gasteiger charge is 2.34. The van der Waals surface area contributed by atoms with E-state index in [2.05, 4.69) is 4.40 Å². The lowest BCUT2D eigenvalue weighted by Crippen LogP contribution is -2.48. The summed E-state index contributed by atoms with van der Waals surface area (Å²) >= 11 is 0. The van der Waals surface area contributed by atoms with Gasteiger partial charge in [-0.15, -0.1) is 0 Å². The van der Waals surface area contributed by atoms with Gasteiger partial charge in [-0.3, -0.25) is 0 Å². The van der Waals surface area contributed by atoms with Crippen molar-refractivity contribution >= 4 is 26.1 Å². The lowest BCUT2D eigenvalue weighted by Gasteiger charge is -2.21. The highest BCUT2D eigenvalue weighted by atomic mass is 32.2. The molecular weight excluding hydrogens is 232 g/mol. The quantitative estimate of drug-likeness (QED) is 0.499. The van der Waals surface area contributed by atoms with Crippen LogP contribution in [0, 0.1) is 0 Å². The van der Waals surface area contributed by atoms with E-state index in [0.717, 1.165) is 26.2 Å². The Bertz CT molecular complexity index is 454. The standard InChI is InChI=1S/C5H10N2O5S2/c1-5(2,13(3,9)10)7-14(11,12)6-4-8/h7H,1-3H3. The van der Waals surface area contributed by atoms with Crippen LogP contribution in [-0.4, -0.2) is 34.0 Å². The maximum Gasteiger partial charge on any atom is 0.331 e. The summed E-state index contributed by atoms with van der Waals surface area (Å²) in [6.07, 6.45) is 1.67. The van der Waals surface area contributed by atoms with Crippen molar-refractivity contribution in [3.05, 3.63) is 0 Å². The third-order valence-corrected chi connectivity index (χ3v) is 4.63. The number of isocyanates is 1. The minimum Gasteiger partial charge on any atom is -0.227 e. The molecule has 0 aromatic carbocycles. The van der Waals surface area contributed by atoms with Crippen molar-refractivity contribution in [1.29, 1.82) is 0 Å². The summed E-state index contributed by atoms with van der Waals surface area (Å²) in [4.78, 5) is 7.98. The van der Waals surface area contributed by atoms with Crippen molar-refractivity contribution in [3.8, 4) is 0 Å². The van der Waals surface area contributed by atoms with E-state index >= 15 is 0 Å². The SMILES string of the molecule is CC(C)(NS(=O)(=O)N=C=O)S(C)(=O)=O. The molecule has 0 rings (SSSR count). The molecule has 0 amide bonds. The first-order valence-electron chi connectivity index (χ1n) is 3.34. The van der Waals surface area contributed by atoms with Crippen LogP contribution in [-0.2, 0) is 24.8 Å². The first-order chi connectivity index (χ1) is 6.02. The zero-order chi connectivity index (χ0) is 11.6. The van der Waals surface area contributed by atoms with Crippen molar-refractivity contribution in [1.82, 2.24) is 4.72 Å². The molecule has 0 radical (unpaired) electrons. The normalized spacial score (nSPS) is 13.4. The number of carbonyl (C=O) groups excluding carboxylic acids is 1. The molecule has 0 saturated carbocycles. The molecule has 0 aromatic heterocycles. The molecule has 0 saturated heterocycles. The summed E-state index contributed by atoms with van der Waals surface area (Å²) in [7, 11) is -7.93. The van der Waals surface area contributed by atoms with E-state index in [1.165, 1.54) is 0 Å². The number of rotatable bonds is 4. The second kappa shape index (κ2) is 3.77. The Labute approximate surface area is 82.3 Å². The van der Waals surface area contributed by atoms with Gasteiger partial charge in [0, 0.05) is 6.26 Å². The molecule has 0 spiro atoms. The van der Waals surface area contributed by atoms with Crippen LogP contribution in [0.5, 0.6) is 0 Å². The smallest absolute Gasteiger partial charge is 0.227 e. The van der Waals surface area contributed by atoms with E-state index in [1.807, 2.05) is 0 Å². The van der Waals surface area contributed by atoms with Gasteiger partial charge >= 0.3 is 10.2 Å². The first-order valence-corrected chi connectivity index (χ1v) is 6.67. The Morgan fingerprint density at radius 3 is 1.93 bits per heavy atom. The predicted molar refractivity (Wildman–Crippen MR) is 49.1 cm³/mol. The molecule has 82 valence electrons. The monoisotopic (exact) mass is 242 g/mol. The van der Waals surface area contributed by atoms with E-state index < -0.39 is 24.9 Å². The molecule has 1 N–H and O–H groups in total. The van der Waals surface area contributed by atoms with Crippen LogP contribution in [0.2, 0.25) is 0 Å². The zero-order valence-corrected chi connectivity index (χ0v) is 9.44. The molecule has 0 heterocycles. The summed E-state index contributed by atoms with van der Waals surface area (Å²) in [6.45, 7) is 2.28. The molecule has 0 atom stereocenters. The van der Waals surface area contributed by atoms with Crippen LogP contribution in [0.15, 0.2) is 4.40 Å². The largest absolute Gasteiger partial charge is 0.331 e. The molecule has 0 aromatic rings. The average molecular weight is 242 g/mol. The third kappa shape index (κ3) is 3.54. The topological polar surface area (TPSA) is 110 Å². The Morgan fingerprint density at radius 2 is 1.64 bits per heavy atom. The Balaban J connectivity index is 5.16.